The summed E-state index contributed by atoms with van der Waals surface area (Å²) < 4.78 is 12.9. The van der Waals surface area contributed by atoms with Crippen molar-refractivity contribution in [3.63, 3.8) is 0 Å². The van der Waals surface area contributed by atoms with Gasteiger partial charge in [0.05, 0.1) is 6.42 Å². The topological polar surface area (TPSA) is 40.5 Å². The molecule has 1 N–H and O–H groups in total. The average molecular weight is 223 g/mol. The number of aliphatic hydroxyl groups excluding tert-OH is 1. The molecule has 4 heteroatoms. The monoisotopic (exact) mass is 223 g/mol. The molecule has 1 amide bonds. The lowest BCUT2D eigenvalue weighted by atomic mass is 10.00. The molecule has 1 aromatic carbocycles. The Kier molecular flexibility index (Phi) is 3.19. The molecule has 0 aromatic heterocycles. The number of aliphatic hydroxyl groups is 1. The highest BCUT2D eigenvalue weighted by Crippen LogP contribution is 2.16. The molecule has 1 fully saturated rings. The maximum absolute atomic E-state index is 12.9. The van der Waals surface area contributed by atoms with E-state index >= 15 is 0 Å². The minimum absolute atomic E-state index is 0.00435. The Bertz CT molecular complexity index is 388. The van der Waals surface area contributed by atoms with Gasteiger partial charge >= 0.3 is 0 Å². The van der Waals surface area contributed by atoms with Crippen molar-refractivity contribution < 1.29 is 14.3 Å². The van der Waals surface area contributed by atoms with E-state index in [-0.39, 0.29) is 30.7 Å². The minimum Gasteiger partial charge on any atom is -0.396 e. The van der Waals surface area contributed by atoms with Crippen LogP contribution in [0.3, 0.4) is 0 Å². The average Bonchev–Trinajstić information content (AvgIpc) is 2.15. The molecular weight excluding hydrogens is 209 g/mol. The summed E-state index contributed by atoms with van der Waals surface area (Å²) in [5.74, 6) is -0.103. The zero-order valence-electron chi connectivity index (χ0n) is 8.90. The van der Waals surface area contributed by atoms with Crippen molar-refractivity contribution in [3.05, 3.63) is 35.6 Å². The highest BCUT2D eigenvalue weighted by molar-refractivity contribution is 5.79. The fourth-order valence-corrected chi connectivity index (χ4v) is 1.82. The first-order chi connectivity index (χ1) is 7.69. The van der Waals surface area contributed by atoms with E-state index in [1.807, 2.05) is 0 Å². The van der Waals surface area contributed by atoms with Crippen LogP contribution in [-0.2, 0) is 11.2 Å². The highest BCUT2D eigenvalue weighted by atomic mass is 19.1. The Morgan fingerprint density at radius 1 is 1.50 bits per heavy atom. The van der Waals surface area contributed by atoms with Gasteiger partial charge in [0.2, 0.25) is 5.91 Å². The summed E-state index contributed by atoms with van der Waals surface area (Å²) in [5.41, 5.74) is 0.692. The van der Waals surface area contributed by atoms with E-state index in [1.54, 1.807) is 17.0 Å². The number of carbonyl (C=O) groups is 1. The van der Waals surface area contributed by atoms with E-state index in [0.717, 1.165) is 0 Å². The Morgan fingerprint density at radius 2 is 2.25 bits per heavy atom. The van der Waals surface area contributed by atoms with Gasteiger partial charge in [0.25, 0.3) is 0 Å². The third kappa shape index (κ3) is 2.39. The van der Waals surface area contributed by atoms with Crippen molar-refractivity contribution in [1.82, 2.24) is 4.90 Å². The molecular formula is C12H14FNO2. The Balaban J connectivity index is 1.89. The quantitative estimate of drug-likeness (QED) is 0.824. The number of benzene rings is 1. The molecule has 1 aliphatic rings. The first-order valence-corrected chi connectivity index (χ1v) is 5.32. The first kappa shape index (κ1) is 11.1. The first-order valence-electron chi connectivity index (χ1n) is 5.32. The zero-order valence-corrected chi connectivity index (χ0v) is 8.90. The van der Waals surface area contributed by atoms with Gasteiger partial charge in [-0.1, -0.05) is 12.1 Å². The van der Waals surface area contributed by atoms with Crippen LogP contribution in [0.5, 0.6) is 0 Å². The van der Waals surface area contributed by atoms with Crippen molar-refractivity contribution in [3.8, 4) is 0 Å². The summed E-state index contributed by atoms with van der Waals surface area (Å²) in [4.78, 5) is 13.4. The van der Waals surface area contributed by atoms with E-state index in [4.69, 9.17) is 5.11 Å². The third-order valence-electron chi connectivity index (χ3n) is 2.81. The van der Waals surface area contributed by atoms with E-state index in [0.29, 0.717) is 18.7 Å². The normalized spacial score (nSPS) is 16.0. The molecule has 0 spiro atoms. The second-order valence-corrected chi connectivity index (χ2v) is 4.15. The molecule has 86 valence electrons. The standard InChI is InChI=1S/C12H14FNO2/c13-11-3-1-2-9(4-11)5-12(16)14-6-10(7-14)8-15/h1-4,10,15H,5-8H2. The van der Waals surface area contributed by atoms with Crippen molar-refractivity contribution in [1.29, 1.82) is 0 Å². The number of likely N-dealkylation sites (tertiary alicyclic amines) is 1. The van der Waals surface area contributed by atoms with Crippen LogP contribution in [0.15, 0.2) is 24.3 Å². The van der Waals surface area contributed by atoms with Crippen LogP contribution >= 0.6 is 0 Å². The van der Waals surface area contributed by atoms with Crippen LogP contribution in [0.25, 0.3) is 0 Å². The van der Waals surface area contributed by atoms with Crippen LogP contribution in [0.4, 0.5) is 4.39 Å². The highest BCUT2D eigenvalue weighted by Gasteiger charge is 2.29. The number of carbonyl (C=O) groups excluding carboxylic acids is 1. The number of halogens is 1. The molecule has 0 unspecified atom stereocenters. The molecule has 0 saturated carbocycles. The molecule has 0 radical (unpaired) electrons. The lowest BCUT2D eigenvalue weighted by molar-refractivity contribution is -0.137. The fraction of sp³-hybridized carbons (Fsp3) is 0.417. The second kappa shape index (κ2) is 4.61. The molecule has 0 atom stereocenters. The van der Waals surface area contributed by atoms with Crippen molar-refractivity contribution >= 4 is 5.91 Å². The Morgan fingerprint density at radius 3 is 2.88 bits per heavy atom. The summed E-state index contributed by atoms with van der Waals surface area (Å²) in [6.07, 6.45) is 0.232. The summed E-state index contributed by atoms with van der Waals surface area (Å²) >= 11 is 0. The van der Waals surface area contributed by atoms with Gasteiger partial charge in [-0.05, 0) is 17.7 Å². The maximum Gasteiger partial charge on any atom is 0.227 e. The van der Waals surface area contributed by atoms with Gasteiger partial charge in [0.15, 0.2) is 0 Å². The minimum atomic E-state index is -0.317. The molecule has 1 saturated heterocycles. The van der Waals surface area contributed by atoms with Gasteiger partial charge < -0.3 is 10.0 Å². The van der Waals surface area contributed by atoms with Crippen molar-refractivity contribution in [2.45, 2.75) is 6.42 Å². The fourth-order valence-electron chi connectivity index (χ4n) is 1.82. The van der Waals surface area contributed by atoms with Gasteiger partial charge in [-0.2, -0.15) is 0 Å². The number of hydrogen-bond donors (Lipinski definition) is 1. The van der Waals surface area contributed by atoms with E-state index < -0.39 is 0 Å². The van der Waals surface area contributed by atoms with Gasteiger partial charge in [0, 0.05) is 25.6 Å². The molecule has 16 heavy (non-hydrogen) atoms. The summed E-state index contributed by atoms with van der Waals surface area (Å²) in [7, 11) is 0. The lowest BCUT2D eigenvalue weighted by Crippen LogP contribution is -2.51. The van der Waals surface area contributed by atoms with Crippen LogP contribution < -0.4 is 0 Å². The lowest BCUT2D eigenvalue weighted by Gasteiger charge is -2.38. The van der Waals surface area contributed by atoms with Gasteiger partial charge in [-0.25, -0.2) is 4.39 Å². The van der Waals surface area contributed by atoms with Gasteiger partial charge in [-0.3, -0.25) is 4.79 Å². The smallest absolute Gasteiger partial charge is 0.227 e. The van der Waals surface area contributed by atoms with Crippen LogP contribution in [0.1, 0.15) is 5.56 Å². The zero-order chi connectivity index (χ0) is 11.5. The van der Waals surface area contributed by atoms with Gasteiger partial charge in [-0.15, -0.1) is 0 Å². The van der Waals surface area contributed by atoms with Crippen molar-refractivity contribution in [2.75, 3.05) is 19.7 Å². The summed E-state index contributed by atoms with van der Waals surface area (Å²) in [6, 6.07) is 6.08. The molecule has 1 aliphatic heterocycles. The van der Waals surface area contributed by atoms with Gasteiger partial charge in [0.1, 0.15) is 5.82 Å². The van der Waals surface area contributed by atoms with E-state index in [1.165, 1.54) is 12.1 Å². The molecule has 0 aliphatic carbocycles. The SMILES string of the molecule is O=C(Cc1cccc(F)c1)N1CC(CO)C1. The predicted octanol–water partition coefficient (Wildman–Crippen LogP) is 0.819. The number of nitrogens with zero attached hydrogens (tertiary/aromatic N) is 1. The van der Waals surface area contributed by atoms with Crippen molar-refractivity contribution in [2.24, 2.45) is 5.92 Å². The molecule has 1 aromatic rings. The molecule has 2 rings (SSSR count). The van der Waals surface area contributed by atoms with Crippen LogP contribution in [0.2, 0.25) is 0 Å². The Hall–Kier alpha value is -1.42. The Labute approximate surface area is 93.5 Å². The number of hydrogen-bond acceptors (Lipinski definition) is 2. The van der Waals surface area contributed by atoms with Crippen LogP contribution in [-0.4, -0.2) is 35.6 Å². The third-order valence-corrected chi connectivity index (χ3v) is 2.81. The second-order valence-electron chi connectivity index (χ2n) is 4.15. The van der Waals surface area contributed by atoms with E-state index in [2.05, 4.69) is 0 Å². The largest absolute Gasteiger partial charge is 0.396 e. The predicted molar refractivity (Wildman–Crippen MR) is 57.3 cm³/mol. The maximum atomic E-state index is 12.9. The van der Waals surface area contributed by atoms with E-state index in [9.17, 15) is 9.18 Å². The molecule has 1 heterocycles. The summed E-state index contributed by atoms with van der Waals surface area (Å²) in [5, 5.41) is 8.82. The number of amides is 1. The molecule has 0 bridgehead atoms. The number of rotatable bonds is 3. The molecule has 3 nitrogen and oxygen atoms in total. The summed E-state index contributed by atoms with van der Waals surface area (Å²) in [6.45, 7) is 1.36. The van der Waals surface area contributed by atoms with Crippen LogP contribution in [0, 0.1) is 11.7 Å².